The van der Waals surface area contributed by atoms with Crippen LogP contribution in [0.4, 0.5) is 0 Å². The lowest BCUT2D eigenvalue weighted by atomic mass is 10.0. The molecule has 2 aromatic carbocycles. The van der Waals surface area contributed by atoms with Crippen LogP contribution < -0.4 is 14.2 Å². The predicted molar refractivity (Wildman–Crippen MR) is 143 cm³/mol. The topological polar surface area (TPSA) is 78.2 Å². The van der Waals surface area contributed by atoms with E-state index in [2.05, 4.69) is 29.9 Å². The average molecular weight is 510 g/mol. The summed E-state index contributed by atoms with van der Waals surface area (Å²) in [6, 6.07) is 10.1. The van der Waals surface area contributed by atoms with Crippen LogP contribution in [0.3, 0.4) is 0 Å². The molecule has 0 bridgehead atoms. The van der Waals surface area contributed by atoms with E-state index in [1.165, 1.54) is 5.56 Å². The second kappa shape index (κ2) is 12.0. The zero-order valence-corrected chi connectivity index (χ0v) is 22.6. The van der Waals surface area contributed by atoms with Gasteiger partial charge in [-0.15, -0.1) is 0 Å². The number of benzene rings is 2. The van der Waals surface area contributed by atoms with Gasteiger partial charge < -0.3 is 24.1 Å². The number of aryl methyl sites for hydroxylation is 3. The largest absolute Gasteiger partial charge is 0.493 e. The van der Waals surface area contributed by atoms with Gasteiger partial charge in [-0.1, -0.05) is 12.1 Å². The molecule has 1 unspecified atom stereocenters. The summed E-state index contributed by atoms with van der Waals surface area (Å²) in [5.74, 6) is 2.19. The molecule has 4 rings (SSSR count). The number of ether oxygens (including phenoxy) is 4. The molecule has 2 heterocycles. The zero-order chi connectivity index (χ0) is 26.4. The Kier molecular flexibility index (Phi) is 8.74. The maximum absolute atomic E-state index is 11.4. The summed E-state index contributed by atoms with van der Waals surface area (Å²) < 4.78 is 25.3. The molecule has 1 fully saturated rings. The highest BCUT2D eigenvalue weighted by Crippen LogP contribution is 2.29. The van der Waals surface area contributed by atoms with Crippen LogP contribution in [0.15, 0.2) is 42.7 Å². The van der Waals surface area contributed by atoms with Crippen molar-refractivity contribution in [2.45, 2.75) is 46.4 Å². The van der Waals surface area contributed by atoms with Gasteiger partial charge in [0.1, 0.15) is 24.6 Å². The minimum absolute atomic E-state index is 0.164. The number of hydrogen-bond acceptors (Lipinski definition) is 7. The Morgan fingerprint density at radius 1 is 1.03 bits per heavy atom. The van der Waals surface area contributed by atoms with Crippen molar-refractivity contribution >= 4 is 0 Å². The fraction of sp³-hybridized carbons (Fsp3) is 0.483. The van der Waals surface area contributed by atoms with E-state index in [9.17, 15) is 5.11 Å². The minimum Gasteiger partial charge on any atom is -0.493 e. The summed E-state index contributed by atoms with van der Waals surface area (Å²) in [5, 5.41) is 15.7. The lowest BCUT2D eigenvalue weighted by Crippen LogP contribution is -2.48. The quantitative estimate of drug-likeness (QED) is 0.445. The molecule has 0 spiro atoms. The molecule has 8 heteroatoms. The van der Waals surface area contributed by atoms with Crippen molar-refractivity contribution in [3.63, 3.8) is 0 Å². The van der Waals surface area contributed by atoms with Crippen LogP contribution >= 0.6 is 0 Å². The maximum Gasteiger partial charge on any atom is 0.161 e. The standard InChI is InChI=1S/C29H39N3O5/c1-21-12-23(3)24(4)27(13-21)37-20-29(33)18-31(8-10-35-19-29)17-25-6-7-26(34-5)28(14-25)36-11-9-32-16-22(2)15-30-32/h6-7,12-16,33H,8-11,17-20H2,1-5H3. The van der Waals surface area contributed by atoms with E-state index in [0.717, 1.165) is 28.0 Å². The van der Waals surface area contributed by atoms with Gasteiger partial charge in [-0.2, -0.15) is 5.10 Å². The van der Waals surface area contributed by atoms with Crippen molar-refractivity contribution in [1.82, 2.24) is 14.7 Å². The van der Waals surface area contributed by atoms with Gasteiger partial charge in [0.05, 0.1) is 33.1 Å². The molecule has 1 aromatic heterocycles. The Morgan fingerprint density at radius 3 is 2.62 bits per heavy atom. The molecule has 0 saturated carbocycles. The molecule has 37 heavy (non-hydrogen) atoms. The van der Waals surface area contributed by atoms with Crippen molar-refractivity contribution in [3.8, 4) is 17.2 Å². The number of β-amino-alcohol motifs (C(OH)–C–C–N with tert-alkyl or cyclic N) is 1. The number of rotatable bonds is 10. The average Bonchev–Trinajstić information content (AvgIpc) is 3.18. The number of aliphatic hydroxyl groups is 1. The van der Waals surface area contributed by atoms with Gasteiger partial charge in [0, 0.05) is 25.8 Å². The molecule has 3 aromatic rings. The third kappa shape index (κ3) is 7.25. The lowest BCUT2D eigenvalue weighted by molar-refractivity contribution is -0.0648. The minimum atomic E-state index is -1.12. The van der Waals surface area contributed by atoms with Crippen LogP contribution in [-0.2, 0) is 17.8 Å². The first kappa shape index (κ1) is 27.0. The first-order chi connectivity index (χ1) is 17.7. The van der Waals surface area contributed by atoms with E-state index >= 15 is 0 Å². The third-order valence-corrected chi connectivity index (χ3v) is 6.68. The molecule has 0 amide bonds. The summed E-state index contributed by atoms with van der Waals surface area (Å²) in [6.07, 6.45) is 3.83. The van der Waals surface area contributed by atoms with E-state index in [1.54, 1.807) is 7.11 Å². The molecule has 0 radical (unpaired) electrons. The molecular formula is C29H39N3O5. The Labute approximate surface area is 219 Å². The van der Waals surface area contributed by atoms with Crippen LogP contribution in [0.25, 0.3) is 0 Å². The van der Waals surface area contributed by atoms with Crippen LogP contribution in [0.5, 0.6) is 17.2 Å². The smallest absolute Gasteiger partial charge is 0.161 e. The van der Waals surface area contributed by atoms with Crippen LogP contribution in [0, 0.1) is 27.7 Å². The van der Waals surface area contributed by atoms with Crippen molar-refractivity contribution in [2.24, 2.45) is 0 Å². The number of hydrogen-bond donors (Lipinski definition) is 1. The Bertz CT molecular complexity index is 1190. The van der Waals surface area contributed by atoms with Gasteiger partial charge in [-0.05, 0) is 73.7 Å². The van der Waals surface area contributed by atoms with E-state index in [0.29, 0.717) is 50.9 Å². The molecular weight excluding hydrogens is 470 g/mol. The van der Waals surface area contributed by atoms with Gasteiger partial charge in [0.2, 0.25) is 0 Å². The number of methoxy groups -OCH3 is 1. The fourth-order valence-corrected chi connectivity index (χ4v) is 4.61. The highest BCUT2D eigenvalue weighted by atomic mass is 16.5. The van der Waals surface area contributed by atoms with E-state index in [1.807, 2.05) is 55.2 Å². The van der Waals surface area contributed by atoms with Gasteiger partial charge in [0.25, 0.3) is 0 Å². The van der Waals surface area contributed by atoms with E-state index in [-0.39, 0.29) is 13.2 Å². The lowest BCUT2D eigenvalue weighted by Gasteiger charge is -2.31. The van der Waals surface area contributed by atoms with Crippen LogP contribution in [0.1, 0.15) is 27.8 Å². The fourth-order valence-electron chi connectivity index (χ4n) is 4.61. The third-order valence-electron chi connectivity index (χ3n) is 6.68. The molecule has 0 aliphatic carbocycles. The van der Waals surface area contributed by atoms with Crippen LogP contribution in [0.2, 0.25) is 0 Å². The number of aromatic nitrogens is 2. The van der Waals surface area contributed by atoms with Crippen molar-refractivity contribution in [1.29, 1.82) is 0 Å². The summed E-state index contributed by atoms with van der Waals surface area (Å²) in [7, 11) is 1.64. The van der Waals surface area contributed by atoms with Crippen molar-refractivity contribution in [2.75, 3.05) is 46.6 Å². The second-order valence-electron chi connectivity index (χ2n) is 10.1. The van der Waals surface area contributed by atoms with Crippen molar-refractivity contribution in [3.05, 3.63) is 70.5 Å². The molecule has 1 atom stereocenters. The van der Waals surface area contributed by atoms with Gasteiger partial charge >= 0.3 is 0 Å². The number of nitrogens with zero attached hydrogens (tertiary/aromatic N) is 3. The van der Waals surface area contributed by atoms with Gasteiger partial charge in [-0.3, -0.25) is 9.58 Å². The zero-order valence-electron chi connectivity index (χ0n) is 22.6. The SMILES string of the molecule is COc1ccc(CN2CCOCC(O)(COc3cc(C)cc(C)c3C)C2)cc1OCCn1cc(C)cn1. The van der Waals surface area contributed by atoms with Crippen molar-refractivity contribution < 1.29 is 24.1 Å². The highest BCUT2D eigenvalue weighted by molar-refractivity contribution is 5.43. The Morgan fingerprint density at radius 2 is 1.86 bits per heavy atom. The van der Waals surface area contributed by atoms with E-state index in [4.69, 9.17) is 18.9 Å². The highest BCUT2D eigenvalue weighted by Gasteiger charge is 2.34. The molecule has 8 nitrogen and oxygen atoms in total. The first-order valence-electron chi connectivity index (χ1n) is 12.8. The summed E-state index contributed by atoms with van der Waals surface area (Å²) in [6.45, 7) is 12.1. The normalized spacial score (nSPS) is 18.4. The Hall–Kier alpha value is -3.07. The molecule has 1 saturated heterocycles. The van der Waals surface area contributed by atoms with Gasteiger partial charge in [-0.25, -0.2) is 0 Å². The molecule has 200 valence electrons. The summed E-state index contributed by atoms with van der Waals surface area (Å²) >= 11 is 0. The Balaban J connectivity index is 1.39. The summed E-state index contributed by atoms with van der Waals surface area (Å²) in [4.78, 5) is 2.20. The monoisotopic (exact) mass is 509 g/mol. The van der Waals surface area contributed by atoms with E-state index < -0.39 is 5.60 Å². The predicted octanol–water partition coefficient (Wildman–Crippen LogP) is 3.85. The molecule has 1 aliphatic heterocycles. The second-order valence-corrected chi connectivity index (χ2v) is 10.1. The molecule has 1 N–H and O–H groups in total. The molecule has 1 aliphatic rings. The maximum atomic E-state index is 11.4. The first-order valence-corrected chi connectivity index (χ1v) is 12.8. The summed E-state index contributed by atoms with van der Waals surface area (Å²) in [5.41, 5.74) is 4.48. The van der Waals surface area contributed by atoms with Gasteiger partial charge in [0.15, 0.2) is 11.5 Å². The van der Waals surface area contributed by atoms with Crippen LogP contribution in [-0.4, -0.2) is 72.0 Å².